The van der Waals surface area contributed by atoms with Crippen molar-refractivity contribution in [3.05, 3.63) is 41.3 Å². The Morgan fingerprint density at radius 3 is 2.67 bits per heavy atom. The van der Waals surface area contributed by atoms with Crippen LogP contribution < -0.4 is 4.90 Å². The molecule has 10 heteroatoms. The first-order valence-corrected chi connectivity index (χ1v) is 12.8. The van der Waals surface area contributed by atoms with Crippen LogP contribution in [-0.2, 0) is 9.47 Å². The Labute approximate surface area is 209 Å². The maximum Gasteiger partial charge on any atom is 0.159 e. The lowest BCUT2D eigenvalue weighted by Crippen LogP contribution is -2.54. The summed E-state index contributed by atoms with van der Waals surface area (Å²) in [4.78, 5) is 13.7. The highest BCUT2D eigenvalue weighted by Crippen LogP contribution is 2.36. The second-order valence-electron chi connectivity index (χ2n) is 10.2. The number of fused-ring (bicyclic) bond motifs is 1. The number of aromatic nitrogens is 4. The summed E-state index contributed by atoms with van der Waals surface area (Å²) in [5, 5.41) is 15.2. The van der Waals surface area contributed by atoms with Crippen LogP contribution in [0, 0.1) is 13.8 Å². The van der Waals surface area contributed by atoms with E-state index in [2.05, 4.69) is 43.9 Å². The standard InChI is InChI=1S/C26H33FN6O3/c1-16-7-18-10-28-33(26-9-25(29-17(2)30-26)32-5-6-36-20(11-32)13-34)24(18)8-22(16)21-3-4-31(12-23(21)27)19-14-35-15-19/h7-10,19-21,23,34H,3-6,11-15H2,1-2H3/t20-,21?,23?/m1/s1. The van der Waals surface area contributed by atoms with Crippen molar-refractivity contribution in [1.29, 1.82) is 0 Å². The summed E-state index contributed by atoms with van der Waals surface area (Å²) < 4.78 is 28.2. The van der Waals surface area contributed by atoms with Crippen LogP contribution in [0.1, 0.15) is 29.3 Å². The Kier molecular flexibility index (Phi) is 6.37. The average molecular weight is 497 g/mol. The number of halogens is 1. The Hall–Kier alpha value is -2.66. The van der Waals surface area contributed by atoms with Gasteiger partial charge in [-0.15, -0.1) is 0 Å². The molecule has 0 spiro atoms. The minimum atomic E-state index is -0.916. The smallest absolute Gasteiger partial charge is 0.159 e. The number of likely N-dealkylation sites (tertiary alicyclic amines) is 1. The molecule has 3 aromatic rings. The highest BCUT2D eigenvalue weighted by molar-refractivity contribution is 5.82. The van der Waals surface area contributed by atoms with Gasteiger partial charge in [-0.2, -0.15) is 5.10 Å². The van der Waals surface area contributed by atoms with Gasteiger partial charge in [-0.05, 0) is 50.1 Å². The first-order valence-electron chi connectivity index (χ1n) is 12.8. The summed E-state index contributed by atoms with van der Waals surface area (Å²) in [5.41, 5.74) is 3.06. The Balaban J connectivity index is 1.32. The number of aliphatic hydroxyl groups is 1. The van der Waals surface area contributed by atoms with Crippen molar-refractivity contribution in [3.8, 4) is 5.82 Å². The molecular weight excluding hydrogens is 463 g/mol. The second kappa shape index (κ2) is 9.66. The van der Waals surface area contributed by atoms with Crippen molar-refractivity contribution < 1.29 is 19.0 Å². The van der Waals surface area contributed by atoms with E-state index in [9.17, 15) is 5.11 Å². The molecule has 5 heterocycles. The fourth-order valence-electron chi connectivity index (χ4n) is 5.68. The molecule has 2 aromatic heterocycles. The zero-order chi connectivity index (χ0) is 24.8. The molecule has 6 rings (SSSR count). The third kappa shape index (κ3) is 4.36. The molecule has 0 aliphatic carbocycles. The zero-order valence-electron chi connectivity index (χ0n) is 20.8. The number of morpholine rings is 1. The van der Waals surface area contributed by atoms with Gasteiger partial charge in [0.1, 0.15) is 17.8 Å². The van der Waals surface area contributed by atoms with Crippen LogP contribution >= 0.6 is 0 Å². The average Bonchev–Trinajstić information content (AvgIpc) is 3.25. The minimum absolute atomic E-state index is 0.0255. The molecule has 3 saturated heterocycles. The van der Waals surface area contributed by atoms with Gasteiger partial charge in [0.2, 0.25) is 0 Å². The first kappa shape index (κ1) is 23.7. The largest absolute Gasteiger partial charge is 0.394 e. The van der Waals surface area contributed by atoms with E-state index >= 15 is 4.39 Å². The Morgan fingerprint density at radius 2 is 1.92 bits per heavy atom. The van der Waals surface area contributed by atoms with Gasteiger partial charge in [0.25, 0.3) is 0 Å². The highest BCUT2D eigenvalue weighted by atomic mass is 19.1. The maximum atomic E-state index is 15.4. The molecule has 0 bridgehead atoms. The van der Waals surface area contributed by atoms with Crippen LogP contribution in [-0.4, -0.2) is 101 Å². The topological polar surface area (TPSA) is 88.8 Å². The molecule has 192 valence electrons. The van der Waals surface area contributed by atoms with Crippen LogP contribution in [0.4, 0.5) is 10.2 Å². The predicted octanol–water partition coefficient (Wildman–Crippen LogP) is 2.16. The first-order chi connectivity index (χ1) is 17.5. The summed E-state index contributed by atoms with van der Waals surface area (Å²) >= 11 is 0. The molecule has 0 radical (unpaired) electrons. The normalized spacial score (nSPS) is 25.9. The number of benzene rings is 1. The number of aryl methyl sites for hydroxylation is 2. The number of piperidine rings is 1. The van der Waals surface area contributed by atoms with Crippen LogP contribution in [0.25, 0.3) is 16.7 Å². The van der Waals surface area contributed by atoms with Crippen LogP contribution in [0.3, 0.4) is 0 Å². The van der Waals surface area contributed by atoms with E-state index in [1.165, 1.54) is 0 Å². The third-order valence-electron chi connectivity index (χ3n) is 7.76. The number of hydrogen-bond donors (Lipinski definition) is 1. The van der Waals surface area contributed by atoms with Gasteiger partial charge < -0.3 is 19.5 Å². The second-order valence-corrected chi connectivity index (χ2v) is 10.2. The molecule has 0 amide bonds. The van der Waals surface area contributed by atoms with Crippen LogP contribution in [0.5, 0.6) is 0 Å². The summed E-state index contributed by atoms with van der Waals surface area (Å²) in [6, 6.07) is 6.50. The van der Waals surface area contributed by atoms with Gasteiger partial charge in [0.15, 0.2) is 5.82 Å². The van der Waals surface area contributed by atoms with E-state index in [4.69, 9.17) is 9.47 Å². The Bertz CT molecular complexity index is 1250. The molecule has 3 aliphatic heterocycles. The van der Waals surface area contributed by atoms with Gasteiger partial charge in [-0.25, -0.2) is 19.0 Å². The fraction of sp³-hybridized carbons (Fsp3) is 0.577. The number of alkyl halides is 1. The van der Waals surface area contributed by atoms with E-state index in [-0.39, 0.29) is 18.6 Å². The van der Waals surface area contributed by atoms with Gasteiger partial charge in [-0.3, -0.25) is 4.90 Å². The SMILES string of the molecule is Cc1nc(N2CCO[C@@H](CO)C2)cc(-n2ncc3cc(C)c(C4CCN(C5COC5)CC4F)cc32)n1. The quantitative estimate of drug-likeness (QED) is 0.575. The molecule has 36 heavy (non-hydrogen) atoms. The number of nitrogens with zero attached hydrogens (tertiary/aromatic N) is 6. The van der Waals surface area contributed by atoms with Crippen molar-refractivity contribution in [3.63, 3.8) is 0 Å². The van der Waals surface area contributed by atoms with Gasteiger partial charge >= 0.3 is 0 Å². The van der Waals surface area contributed by atoms with Crippen LogP contribution in [0.2, 0.25) is 0 Å². The van der Waals surface area contributed by atoms with E-state index in [1.807, 2.05) is 23.9 Å². The van der Waals surface area contributed by atoms with Crippen LogP contribution in [0.15, 0.2) is 24.4 Å². The molecule has 1 aromatic carbocycles. The van der Waals surface area contributed by atoms with Gasteiger partial charge in [-0.1, -0.05) is 0 Å². The molecule has 3 atom stereocenters. The predicted molar refractivity (Wildman–Crippen MR) is 134 cm³/mol. The van der Waals surface area contributed by atoms with Crippen molar-refractivity contribution in [2.75, 3.05) is 57.5 Å². The van der Waals surface area contributed by atoms with Crippen molar-refractivity contribution in [2.24, 2.45) is 0 Å². The van der Waals surface area contributed by atoms with E-state index < -0.39 is 6.17 Å². The molecule has 3 fully saturated rings. The summed E-state index contributed by atoms with van der Waals surface area (Å²) in [5.74, 6) is 1.96. The van der Waals surface area contributed by atoms with E-state index in [0.717, 1.165) is 40.8 Å². The maximum absolute atomic E-state index is 15.4. The van der Waals surface area contributed by atoms with E-state index in [0.29, 0.717) is 57.1 Å². The number of rotatable bonds is 5. The third-order valence-corrected chi connectivity index (χ3v) is 7.76. The lowest BCUT2D eigenvalue weighted by molar-refractivity contribution is -0.0807. The van der Waals surface area contributed by atoms with Gasteiger partial charge in [0, 0.05) is 37.0 Å². The highest BCUT2D eigenvalue weighted by Gasteiger charge is 2.36. The lowest BCUT2D eigenvalue weighted by Gasteiger charge is -2.43. The minimum Gasteiger partial charge on any atom is -0.394 e. The number of hydrogen-bond acceptors (Lipinski definition) is 8. The molecule has 9 nitrogen and oxygen atoms in total. The van der Waals surface area contributed by atoms with Gasteiger partial charge in [0.05, 0.1) is 50.3 Å². The Morgan fingerprint density at radius 1 is 1.08 bits per heavy atom. The van der Waals surface area contributed by atoms with E-state index in [1.54, 1.807) is 0 Å². The van der Waals surface area contributed by atoms with Crippen molar-refractivity contribution in [2.45, 2.75) is 44.5 Å². The molecule has 1 N–H and O–H groups in total. The summed E-state index contributed by atoms with van der Waals surface area (Å²) in [6.45, 7) is 8.48. The monoisotopic (exact) mass is 496 g/mol. The number of anilines is 1. The molecule has 0 saturated carbocycles. The number of aliphatic hydroxyl groups excluding tert-OH is 1. The molecule has 2 unspecified atom stereocenters. The van der Waals surface area contributed by atoms with Crippen molar-refractivity contribution >= 4 is 16.7 Å². The summed E-state index contributed by atoms with van der Waals surface area (Å²) in [7, 11) is 0. The number of ether oxygens (including phenoxy) is 2. The summed E-state index contributed by atoms with van der Waals surface area (Å²) in [6.07, 6.45) is 1.48. The lowest BCUT2D eigenvalue weighted by atomic mass is 9.84. The van der Waals surface area contributed by atoms with Crippen molar-refractivity contribution in [1.82, 2.24) is 24.6 Å². The fourth-order valence-corrected chi connectivity index (χ4v) is 5.68. The molecule has 3 aliphatic rings. The molecular formula is C26H33FN6O3. The zero-order valence-corrected chi connectivity index (χ0v) is 20.8.